The van der Waals surface area contributed by atoms with Crippen LogP contribution in [0.4, 0.5) is 0 Å². The van der Waals surface area contributed by atoms with Crippen LogP contribution in [-0.2, 0) is 0 Å². The van der Waals surface area contributed by atoms with Gasteiger partial charge in [0.05, 0.1) is 0 Å². The standard InChI is InChI=1S/C9H14.C2H6.CH4/c1-5-9(4)7-6-8(2)3;1-2;/h5-7H,2H2,1,3-4H3;1-2H3;1H4/b7-6-,9-5-;;. The maximum absolute atomic E-state index is 3.75. The van der Waals surface area contributed by atoms with E-state index >= 15 is 0 Å². The van der Waals surface area contributed by atoms with E-state index in [1.165, 1.54) is 5.57 Å². The minimum atomic E-state index is 0. The Kier molecular flexibility index (Phi) is 18.6. The number of allylic oxidation sites excluding steroid dienone is 5. The molecule has 0 spiro atoms. The monoisotopic (exact) mass is 168 g/mol. The average molecular weight is 168 g/mol. The molecule has 0 aliphatic rings. The Hall–Kier alpha value is -0.780. The lowest BCUT2D eigenvalue weighted by atomic mass is 10.2. The van der Waals surface area contributed by atoms with Gasteiger partial charge in [0, 0.05) is 0 Å². The van der Waals surface area contributed by atoms with Crippen molar-refractivity contribution < 1.29 is 0 Å². The van der Waals surface area contributed by atoms with Crippen molar-refractivity contribution in [2.24, 2.45) is 0 Å². The molecule has 0 heteroatoms. The van der Waals surface area contributed by atoms with Gasteiger partial charge < -0.3 is 0 Å². The second-order valence-corrected chi connectivity index (χ2v) is 2.21. The highest BCUT2D eigenvalue weighted by molar-refractivity contribution is 5.22. The summed E-state index contributed by atoms with van der Waals surface area (Å²) in [6.07, 6.45) is 6.14. The van der Waals surface area contributed by atoms with Gasteiger partial charge in [-0.2, -0.15) is 0 Å². The van der Waals surface area contributed by atoms with Gasteiger partial charge in [-0.05, 0) is 20.8 Å². The van der Waals surface area contributed by atoms with Crippen LogP contribution in [0.5, 0.6) is 0 Å². The maximum atomic E-state index is 3.75. The maximum Gasteiger partial charge on any atom is -0.0401 e. The molecule has 0 amide bonds. The molecule has 0 aliphatic heterocycles. The molecule has 0 saturated carbocycles. The average Bonchev–Trinajstić information content (AvgIpc) is 2.04. The lowest BCUT2D eigenvalue weighted by Crippen LogP contribution is -1.65. The molecule has 0 aromatic rings. The summed E-state index contributed by atoms with van der Waals surface area (Å²) in [7, 11) is 0. The van der Waals surface area contributed by atoms with Gasteiger partial charge in [0.25, 0.3) is 0 Å². The Morgan fingerprint density at radius 1 is 1.08 bits per heavy atom. The highest BCUT2D eigenvalue weighted by atomic mass is 13.8. The normalized spacial score (nSPS) is 9.92. The quantitative estimate of drug-likeness (QED) is 0.522. The van der Waals surface area contributed by atoms with Gasteiger partial charge in [0.2, 0.25) is 0 Å². The van der Waals surface area contributed by atoms with Crippen molar-refractivity contribution in [2.75, 3.05) is 0 Å². The third kappa shape index (κ3) is 16.1. The third-order valence-corrected chi connectivity index (χ3v) is 1.09. The molecule has 0 N–H and O–H groups in total. The van der Waals surface area contributed by atoms with E-state index in [1.807, 2.05) is 33.8 Å². The summed E-state index contributed by atoms with van der Waals surface area (Å²) in [4.78, 5) is 0. The zero-order valence-corrected chi connectivity index (χ0v) is 8.44. The molecule has 0 nitrogen and oxygen atoms in total. The van der Waals surface area contributed by atoms with Crippen LogP contribution in [0.3, 0.4) is 0 Å². The van der Waals surface area contributed by atoms with Gasteiger partial charge in [0.1, 0.15) is 0 Å². The van der Waals surface area contributed by atoms with Crippen LogP contribution >= 0.6 is 0 Å². The summed E-state index contributed by atoms with van der Waals surface area (Å²) in [6.45, 7) is 13.8. The van der Waals surface area contributed by atoms with Crippen LogP contribution < -0.4 is 0 Å². The molecule has 0 aromatic heterocycles. The predicted molar refractivity (Wildman–Crippen MR) is 61.5 cm³/mol. The van der Waals surface area contributed by atoms with E-state index < -0.39 is 0 Å². The van der Waals surface area contributed by atoms with E-state index in [-0.39, 0.29) is 7.43 Å². The molecule has 0 saturated heterocycles. The summed E-state index contributed by atoms with van der Waals surface area (Å²) in [6, 6.07) is 0. The minimum absolute atomic E-state index is 0. The molecule has 0 atom stereocenters. The van der Waals surface area contributed by atoms with Crippen molar-refractivity contribution in [1.82, 2.24) is 0 Å². The van der Waals surface area contributed by atoms with Crippen LogP contribution in [0.1, 0.15) is 42.0 Å². The molecule has 0 radical (unpaired) electrons. The first kappa shape index (κ1) is 17.3. The molecular formula is C12H24. The fourth-order valence-corrected chi connectivity index (χ4v) is 0.370. The fourth-order valence-electron chi connectivity index (χ4n) is 0.370. The van der Waals surface area contributed by atoms with Crippen LogP contribution in [0.25, 0.3) is 0 Å². The van der Waals surface area contributed by atoms with E-state index in [4.69, 9.17) is 0 Å². The number of rotatable bonds is 2. The summed E-state index contributed by atoms with van der Waals surface area (Å²) in [5, 5.41) is 0. The second kappa shape index (κ2) is 12.9. The Labute approximate surface area is 78.7 Å². The van der Waals surface area contributed by atoms with Gasteiger partial charge in [-0.1, -0.05) is 57.2 Å². The van der Waals surface area contributed by atoms with Gasteiger partial charge in [-0.25, -0.2) is 0 Å². The lowest BCUT2D eigenvalue weighted by Gasteiger charge is -1.86. The van der Waals surface area contributed by atoms with Gasteiger partial charge in [0.15, 0.2) is 0 Å². The van der Waals surface area contributed by atoms with Crippen molar-refractivity contribution in [3.05, 3.63) is 36.0 Å². The molecular weight excluding hydrogens is 144 g/mol. The largest absolute Gasteiger partial charge is 0.0961 e. The molecule has 0 unspecified atom stereocenters. The first-order valence-corrected chi connectivity index (χ1v) is 4.13. The van der Waals surface area contributed by atoms with Crippen LogP contribution in [0.2, 0.25) is 0 Å². The van der Waals surface area contributed by atoms with Crippen LogP contribution in [-0.4, -0.2) is 0 Å². The third-order valence-electron chi connectivity index (χ3n) is 1.09. The van der Waals surface area contributed by atoms with Gasteiger partial charge >= 0.3 is 0 Å². The minimum Gasteiger partial charge on any atom is -0.0961 e. The SMILES string of the molecule is C.C=C(C)/C=C\C(C)=C/C.CC. The molecule has 0 aliphatic carbocycles. The van der Waals surface area contributed by atoms with Crippen molar-refractivity contribution in [3.8, 4) is 0 Å². The Balaban J connectivity index is -0.000000249. The van der Waals surface area contributed by atoms with Gasteiger partial charge in [-0.15, -0.1) is 0 Å². The topological polar surface area (TPSA) is 0 Å². The van der Waals surface area contributed by atoms with Crippen molar-refractivity contribution in [2.45, 2.75) is 42.0 Å². The van der Waals surface area contributed by atoms with Crippen LogP contribution in [0, 0.1) is 0 Å². The Morgan fingerprint density at radius 3 is 1.75 bits per heavy atom. The van der Waals surface area contributed by atoms with Crippen molar-refractivity contribution in [3.63, 3.8) is 0 Å². The first-order chi connectivity index (χ1) is 5.16. The summed E-state index contributed by atoms with van der Waals surface area (Å²) in [5.41, 5.74) is 2.37. The van der Waals surface area contributed by atoms with Crippen molar-refractivity contribution in [1.29, 1.82) is 0 Å². The van der Waals surface area contributed by atoms with E-state index in [0.29, 0.717) is 0 Å². The smallest absolute Gasteiger partial charge is 0.0401 e. The highest BCUT2D eigenvalue weighted by Gasteiger charge is 1.75. The molecule has 0 aromatic carbocycles. The summed E-state index contributed by atoms with van der Waals surface area (Å²) in [5.74, 6) is 0. The fraction of sp³-hybridized carbons (Fsp3) is 0.500. The number of hydrogen-bond donors (Lipinski definition) is 0. The molecule has 72 valence electrons. The summed E-state index contributed by atoms with van der Waals surface area (Å²) < 4.78 is 0. The summed E-state index contributed by atoms with van der Waals surface area (Å²) >= 11 is 0. The lowest BCUT2D eigenvalue weighted by molar-refractivity contribution is 1.45. The van der Waals surface area contributed by atoms with Gasteiger partial charge in [-0.3, -0.25) is 0 Å². The molecule has 0 rings (SSSR count). The second-order valence-electron chi connectivity index (χ2n) is 2.21. The van der Waals surface area contributed by atoms with E-state index in [9.17, 15) is 0 Å². The zero-order valence-electron chi connectivity index (χ0n) is 8.44. The van der Waals surface area contributed by atoms with E-state index in [1.54, 1.807) is 0 Å². The number of hydrogen-bond acceptors (Lipinski definition) is 0. The predicted octanol–water partition coefficient (Wildman–Crippen LogP) is 4.75. The first-order valence-electron chi connectivity index (χ1n) is 4.13. The van der Waals surface area contributed by atoms with Crippen LogP contribution in [0.15, 0.2) is 36.0 Å². The van der Waals surface area contributed by atoms with Crippen molar-refractivity contribution >= 4 is 0 Å². The highest BCUT2D eigenvalue weighted by Crippen LogP contribution is 1.97. The van der Waals surface area contributed by atoms with E-state index in [2.05, 4.69) is 25.7 Å². The zero-order chi connectivity index (χ0) is 9.28. The Bertz CT molecular complexity index is 147. The Morgan fingerprint density at radius 2 is 1.50 bits per heavy atom. The molecule has 0 bridgehead atoms. The molecule has 0 heterocycles. The molecule has 12 heavy (non-hydrogen) atoms. The van der Waals surface area contributed by atoms with E-state index in [0.717, 1.165) is 5.57 Å². The molecule has 0 fully saturated rings.